The molecular formula is C18H21F3N2OS. The third-order valence-electron chi connectivity index (χ3n) is 3.90. The zero-order valence-corrected chi connectivity index (χ0v) is 15.4. The van der Waals surface area contributed by atoms with Crippen LogP contribution >= 0.6 is 11.3 Å². The molecule has 1 unspecified atom stereocenters. The van der Waals surface area contributed by atoms with Gasteiger partial charge in [-0.05, 0) is 44.4 Å². The molecule has 1 aromatic heterocycles. The van der Waals surface area contributed by atoms with Gasteiger partial charge in [0.1, 0.15) is 5.01 Å². The number of hydrogen-bond donors (Lipinski definition) is 1. The molecule has 7 heteroatoms. The highest BCUT2D eigenvalue weighted by Crippen LogP contribution is 2.46. The molecule has 3 nitrogen and oxygen atoms in total. The average Bonchev–Trinajstić information content (AvgIpc) is 3.01. The van der Waals surface area contributed by atoms with Crippen molar-refractivity contribution in [3.63, 3.8) is 0 Å². The maximum Gasteiger partial charge on any atom is 0.418 e. The smallest absolute Gasteiger partial charge is 0.389 e. The van der Waals surface area contributed by atoms with Crippen LogP contribution in [0.25, 0.3) is 10.6 Å². The Hall–Kier alpha value is -1.73. The van der Waals surface area contributed by atoms with E-state index in [2.05, 4.69) is 9.98 Å². The number of rotatable bonds is 5. The lowest BCUT2D eigenvalue weighted by atomic mass is 9.93. The summed E-state index contributed by atoms with van der Waals surface area (Å²) in [7, 11) is 0. The lowest BCUT2D eigenvalue weighted by Crippen LogP contribution is -2.13. The molecule has 0 amide bonds. The van der Waals surface area contributed by atoms with Gasteiger partial charge in [-0.25, -0.2) is 4.98 Å². The van der Waals surface area contributed by atoms with E-state index in [1.54, 1.807) is 25.4 Å². The Kier molecular flexibility index (Phi) is 6.00. The Balaban J connectivity index is 2.86. The molecule has 0 bridgehead atoms. The number of alkyl halides is 3. The van der Waals surface area contributed by atoms with Gasteiger partial charge in [-0.2, -0.15) is 13.2 Å². The number of aromatic nitrogens is 1. The first-order chi connectivity index (χ1) is 11.7. The Labute approximate surface area is 149 Å². The molecule has 0 fully saturated rings. The van der Waals surface area contributed by atoms with Crippen molar-refractivity contribution in [3.8, 4) is 10.6 Å². The molecule has 0 aliphatic heterocycles. The van der Waals surface area contributed by atoms with Gasteiger partial charge in [-0.3, -0.25) is 4.99 Å². The van der Waals surface area contributed by atoms with E-state index >= 15 is 0 Å². The van der Waals surface area contributed by atoms with Crippen LogP contribution in [0.3, 0.4) is 0 Å². The molecular weight excluding hydrogens is 349 g/mol. The van der Waals surface area contributed by atoms with Gasteiger partial charge in [-0.15, -0.1) is 11.3 Å². The van der Waals surface area contributed by atoms with E-state index in [1.807, 2.05) is 6.92 Å². The van der Waals surface area contributed by atoms with Crippen LogP contribution in [0.15, 0.2) is 22.6 Å². The van der Waals surface area contributed by atoms with Crippen molar-refractivity contribution >= 4 is 22.7 Å². The van der Waals surface area contributed by atoms with E-state index in [4.69, 9.17) is 0 Å². The number of benzene rings is 1. The summed E-state index contributed by atoms with van der Waals surface area (Å²) in [6, 6.07) is 1.38. The fourth-order valence-corrected chi connectivity index (χ4v) is 3.45. The van der Waals surface area contributed by atoms with Crippen LogP contribution in [-0.4, -0.2) is 15.8 Å². The molecule has 0 spiro atoms. The molecule has 0 saturated heterocycles. The monoisotopic (exact) mass is 370 g/mol. The number of aliphatic imine (C=N–C) groups is 1. The molecule has 1 aromatic carbocycles. The second kappa shape index (κ2) is 7.66. The molecule has 0 aliphatic rings. The Morgan fingerprint density at radius 1 is 1.40 bits per heavy atom. The fraction of sp³-hybridized carbons (Fsp3) is 0.444. The van der Waals surface area contributed by atoms with Crippen molar-refractivity contribution in [2.24, 2.45) is 4.99 Å². The highest BCUT2D eigenvalue weighted by Gasteiger charge is 2.39. The minimum absolute atomic E-state index is 0.123. The molecule has 1 heterocycles. The molecule has 25 heavy (non-hydrogen) atoms. The van der Waals surface area contributed by atoms with Gasteiger partial charge in [0.15, 0.2) is 0 Å². The van der Waals surface area contributed by atoms with Gasteiger partial charge in [0.05, 0.1) is 17.4 Å². The van der Waals surface area contributed by atoms with Crippen molar-refractivity contribution in [3.05, 3.63) is 34.3 Å². The van der Waals surface area contributed by atoms with Crippen molar-refractivity contribution in [2.75, 3.05) is 0 Å². The maximum atomic E-state index is 13.8. The summed E-state index contributed by atoms with van der Waals surface area (Å²) in [5, 5.41) is 12.3. The summed E-state index contributed by atoms with van der Waals surface area (Å²) in [6.07, 6.45) is -2.86. The molecule has 2 aromatic rings. The standard InChI is InChI=1S/C18H21F3N2OS/c1-5-6-10(2)23-16-11(3)13(17-22-7-8-25-17)9-14(12(4)24)15(16)18(19,20)21/h7-9,12,24H,5-6H2,1-4H3. The topological polar surface area (TPSA) is 45.5 Å². The van der Waals surface area contributed by atoms with E-state index in [1.165, 1.54) is 24.3 Å². The van der Waals surface area contributed by atoms with Crippen LogP contribution in [0.2, 0.25) is 0 Å². The molecule has 1 N–H and O–H groups in total. The van der Waals surface area contributed by atoms with Crippen molar-refractivity contribution < 1.29 is 18.3 Å². The van der Waals surface area contributed by atoms with Crippen molar-refractivity contribution in [1.29, 1.82) is 0 Å². The first kappa shape index (κ1) is 19.6. The third-order valence-corrected chi connectivity index (χ3v) is 4.70. The van der Waals surface area contributed by atoms with E-state index in [-0.39, 0.29) is 11.3 Å². The summed E-state index contributed by atoms with van der Waals surface area (Å²) in [5.74, 6) is 0. The molecule has 0 aliphatic carbocycles. The summed E-state index contributed by atoms with van der Waals surface area (Å²) < 4.78 is 41.3. The Bertz CT molecular complexity index is 766. The van der Waals surface area contributed by atoms with E-state index < -0.39 is 17.8 Å². The van der Waals surface area contributed by atoms with Gasteiger partial charge >= 0.3 is 6.18 Å². The van der Waals surface area contributed by atoms with Gasteiger partial charge in [-0.1, -0.05) is 13.3 Å². The highest BCUT2D eigenvalue weighted by atomic mass is 32.1. The van der Waals surface area contributed by atoms with E-state index in [0.717, 1.165) is 6.42 Å². The van der Waals surface area contributed by atoms with Gasteiger partial charge in [0.25, 0.3) is 0 Å². The number of aliphatic hydroxyl groups excluding tert-OH is 1. The lowest BCUT2D eigenvalue weighted by Gasteiger charge is -2.21. The largest absolute Gasteiger partial charge is 0.418 e. The molecule has 136 valence electrons. The summed E-state index contributed by atoms with van der Waals surface area (Å²) >= 11 is 1.34. The molecule has 0 saturated carbocycles. The zero-order valence-electron chi connectivity index (χ0n) is 14.6. The fourth-order valence-electron chi connectivity index (χ4n) is 2.74. The Morgan fingerprint density at radius 2 is 2.08 bits per heavy atom. The van der Waals surface area contributed by atoms with Crippen LogP contribution in [0.1, 0.15) is 56.4 Å². The van der Waals surface area contributed by atoms with Crippen LogP contribution in [0.4, 0.5) is 18.9 Å². The second-order valence-electron chi connectivity index (χ2n) is 5.97. The number of thiazole rings is 1. The summed E-state index contributed by atoms with van der Waals surface area (Å²) in [5.41, 5.74) is 0.456. The summed E-state index contributed by atoms with van der Waals surface area (Å²) in [6.45, 7) is 6.62. The lowest BCUT2D eigenvalue weighted by molar-refractivity contribution is -0.138. The second-order valence-corrected chi connectivity index (χ2v) is 6.86. The van der Waals surface area contributed by atoms with E-state index in [9.17, 15) is 18.3 Å². The normalized spacial score (nSPS) is 14.0. The van der Waals surface area contributed by atoms with E-state index in [0.29, 0.717) is 28.3 Å². The highest BCUT2D eigenvalue weighted by molar-refractivity contribution is 7.13. The van der Waals surface area contributed by atoms with Gasteiger partial charge in [0.2, 0.25) is 0 Å². The number of nitrogens with zero attached hydrogens (tertiary/aromatic N) is 2. The minimum atomic E-state index is -4.61. The molecule has 0 radical (unpaired) electrons. The van der Waals surface area contributed by atoms with Crippen LogP contribution in [-0.2, 0) is 6.18 Å². The predicted molar refractivity (Wildman–Crippen MR) is 95.6 cm³/mol. The first-order valence-electron chi connectivity index (χ1n) is 8.03. The summed E-state index contributed by atoms with van der Waals surface area (Å²) in [4.78, 5) is 8.49. The molecule has 2 rings (SSSR count). The third kappa shape index (κ3) is 4.27. The average molecular weight is 370 g/mol. The maximum absolute atomic E-state index is 13.8. The number of hydrogen-bond acceptors (Lipinski definition) is 4. The van der Waals surface area contributed by atoms with Crippen LogP contribution in [0, 0.1) is 6.92 Å². The Morgan fingerprint density at radius 3 is 2.56 bits per heavy atom. The molecule has 1 atom stereocenters. The minimum Gasteiger partial charge on any atom is -0.389 e. The van der Waals surface area contributed by atoms with Crippen molar-refractivity contribution in [1.82, 2.24) is 4.98 Å². The first-order valence-corrected chi connectivity index (χ1v) is 8.91. The van der Waals surface area contributed by atoms with Crippen LogP contribution < -0.4 is 0 Å². The zero-order chi connectivity index (χ0) is 18.8. The SMILES string of the molecule is CCCC(C)=Nc1c(C)c(-c2nccs2)cc(C(C)O)c1C(F)(F)F. The van der Waals surface area contributed by atoms with Gasteiger partial charge in [0, 0.05) is 22.9 Å². The number of aliphatic hydroxyl groups is 1. The van der Waals surface area contributed by atoms with Crippen molar-refractivity contribution in [2.45, 2.75) is 52.8 Å². The quantitative estimate of drug-likeness (QED) is 0.648. The number of halogens is 3. The van der Waals surface area contributed by atoms with Crippen LogP contribution in [0.5, 0.6) is 0 Å². The van der Waals surface area contributed by atoms with Gasteiger partial charge < -0.3 is 5.11 Å². The predicted octanol–water partition coefficient (Wildman–Crippen LogP) is 6.08.